The number of ketones is 2. The lowest BCUT2D eigenvalue weighted by Gasteiger charge is -2.40. The molecule has 1 atom stereocenters. The third-order valence-electron chi connectivity index (χ3n) is 4.38. The van der Waals surface area contributed by atoms with Gasteiger partial charge in [-0.3, -0.25) is 9.59 Å². The van der Waals surface area contributed by atoms with Crippen LogP contribution >= 0.6 is 0 Å². The molecule has 5 nitrogen and oxygen atoms in total. The summed E-state index contributed by atoms with van der Waals surface area (Å²) in [5.74, 6) is -0.946. The highest BCUT2D eigenvalue weighted by molar-refractivity contribution is 7.92. The Balaban J connectivity index is 2.05. The topological polar surface area (TPSA) is 71.5 Å². The van der Waals surface area contributed by atoms with Gasteiger partial charge in [-0.05, 0) is 19.3 Å². The van der Waals surface area contributed by atoms with E-state index < -0.39 is 20.9 Å². The molecule has 1 aromatic carbocycles. The minimum Gasteiger partial charge on any atom is -0.373 e. The van der Waals surface area contributed by atoms with Crippen LogP contribution in [0.25, 0.3) is 0 Å². The van der Waals surface area contributed by atoms with Gasteiger partial charge in [0.1, 0.15) is 0 Å². The molecule has 1 fully saturated rings. The Morgan fingerprint density at radius 3 is 2.26 bits per heavy atom. The van der Waals surface area contributed by atoms with Crippen LogP contribution in [-0.2, 0) is 14.6 Å². The van der Waals surface area contributed by atoms with Crippen LogP contribution in [-0.4, -0.2) is 49.5 Å². The Kier molecular flexibility index (Phi) is 4.10. The van der Waals surface area contributed by atoms with E-state index in [1.54, 1.807) is 30.3 Å². The van der Waals surface area contributed by atoms with Gasteiger partial charge < -0.3 is 4.90 Å². The number of nitrogens with zero attached hydrogens (tertiary/aromatic N) is 1. The van der Waals surface area contributed by atoms with E-state index in [1.165, 1.54) is 0 Å². The molecule has 0 saturated carbocycles. The highest BCUT2D eigenvalue weighted by atomic mass is 32.2. The Morgan fingerprint density at radius 1 is 1.09 bits per heavy atom. The molecule has 0 N–H and O–H groups in total. The molecule has 2 aliphatic rings. The molecule has 1 aliphatic carbocycles. The normalized spacial score (nSPS) is 22.0. The Labute approximate surface area is 135 Å². The average molecular weight is 333 g/mol. The quantitative estimate of drug-likeness (QED) is 0.618. The van der Waals surface area contributed by atoms with E-state index in [1.807, 2.05) is 4.90 Å². The highest BCUT2D eigenvalue weighted by Crippen LogP contribution is 2.36. The monoisotopic (exact) mass is 333 g/mol. The molecule has 23 heavy (non-hydrogen) atoms. The van der Waals surface area contributed by atoms with E-state index in [0.717, 1.165) is 25.5 Å². The number of sulfone groups is 1. The minimum atomic E-state index is -3.56. The van der Waals surface area contributed by atoms with Crippen molar-refractivity contribution in [2.45, 2.75) is 24.5 Å². The number of hydrogen-bond donors (Lipinski definition) is 0. The van der Waals surface area contributed by atoms with Gasteiger partial charge in [0.2, 0.25) is 0 Å². The highest BCUT2D eigenvalue weighted by Gasteiger charge is 2.50. The average Bonchev–Trinajstić information content (AvgIpc) is 2.52. The summed E-state index contributed by atoms with van der Waals surface area (Å²) in [6.45, 7) is 1.39. The maximum Gasteiger partial charge on any atom is 0.198 e. The van der Waals surface area contributed by atoms with E-state index >= 15 is 0 Å². The third-order valence-corrected chi connectivity index (χ3v) is 5.67. The van der Waals surface area contributed by atoms with Crippen LogP contribution in [0.15, 0.2) is 41.6 Å². The molecule has 3 rings (SSSR count). The summed E-state index contributed by atoms with van der Waals surface area (Å²) in [5, 5.41) is -1.18. The van der Waals surface area contributed by atoms with Crippen LogP contribution in [0, 0.1) is 0 Å². The lowest BCUT2D eigenvalue weighted by Crippen LogP contribution is -2.52. The molecule has 0 radical (unpaired) electrons. The largest absolute Gasteiger partial charge is 0.373 e. The lowest BCUT2D eigenvalue weighted by molar-refractivity contribution is -0.116. The molecule has 1 aliphatic heterocycles. The van der Waals surface area contributed by atoms with E-state index in [2.05, 4.69) is 0 Å². The van der Waals surface area contributed by atoms with Crippen LogP contribution in [0.5, 0.6) is 0 Å². The molecule has 1 heterocycles. The van der Waals surface area contributed by atoms with Gasteiger partial charge in [0.25, 0.3) is 0 Å². The van der Waals surface area contributed by atoms with Crippen molar-refractivity contribution in [3.05, 3.63) is 47.2 Å². The van der Waals surface area contributed by atoms with E-state index in [9.17, 15) is 18.0 Å². The van der Waals surface area contributed by atoms with Crippen molar-refractivity contribution in [1.29, 1.82) is 0 Å². The van der Waals surface area contributed by atoms with Crippen molar-refractivity contribution in [2.75, 3.05) is 19.3 Å². The number of carbonyl (C=O) groups is 2. The van der Waals surface area contributed by atoms with Gasteiger partial charge in [-0.15, -0.1) is 0 Å². The molecule has 1 saturated heterocycles. The standard InChI is InChI=1S/C17H19NO4S/c1-23(21,22)17-14(18-10-6-3-7-11-18)13(16(17)20)15(19)12-8-4-2-5-9-12/h2,4-5,8-9,17H,3,6-7,10-11H2,1H3. The number of rotatable bonds is 4. The first kappa shape index (κ1) is 15.9. The van der Waals surface area contributed by atoms with Crippen LogP contribution in [0.2, 0.25) is 0 Å². The van der Waals surface area contributed by atoms with Crippen LogP contribution in [0.4, 0.5) is 0 Å². The van der Waals surface area contributed by atoms with Crippen LogP contribution in [0.3, 0.4) is 0 Å². The van der Waals surface area contributed by atoms with Gasteiger partial charge >= 0.3 is 0 Å². The predicted octanol–water partition coefficient (Wildman–Crippen LogP) is 1.61. The maximum atomic E-state index is 12.7. The molecule has 1 unspecified atom stereocenters. The maximum absolute atomic E-state index is 12.7. The van der Waals surface area contributed by atoms with Gasteiger partial charge in [0.15, 0.2) is 26.7 Å². The van der Waals surface area contributed by atoms with Gasteiger partial charge in [-0.2, -0.15) is 0 Å². The third kappa shape index (κ3) is 2.83. The van der Waals surface area contributed by atoms with E-state index in [-0.39, 0.29) is 11.4 Å². The van der Waals surface area contributed by atoms with Crippen LogP contribution in [0.1, 0.15) is 29.6 Å². The number of allylic oxidation sites excluding steroid dienone is 1. The van der Waals surface area contributed by atoms with Crippen molar-refractivity contribution in [2.24, 2.45) is 0 Å². The van der Waals surface area contributed by atoms with Crippen molar-refractivity contribution in [3.8, 4) is 0 Å². The molecular weight excluding hydrogens is 314 g/mol. The lowest BCUT2D eigenvalue weighted by atomic mass is 9.84. The summed E-state index contributed by atoms with van der Waals surface area (Å²) in [5.41, 5.74) is 0.872. The number of benzene rings is 1. The zero-order valence-electron chi connectivity index (χ0n) is 13.0. The van der Waals surface area contributed by atoms with Gasteiger partial charge in [-0.25, -0.2) is 8.42 Å². The molecule has 0 bridgehead atoms. The molecule has 0 amide bonds. The summed E-state index contributed by atoms with van der Waals surface area (Å²) in [6, 6.07) is 8.53. The summed E-state index contributed by atoms with van der Waals surface area (Å²) in [7, 11) is -3.56. The first-order valence-corrected chi connectivity index (χ1v) is 9.68. The Morgan fingerprint density at radius 2 is 1.70 bits per heavy atom. The first-order chi connectivity index (χ1) is 10.9. The van der Waals surface area contributed by atoms with Gasteiger partial charge in [0.05, 0.1) is 11.3 Å². The minimum absolute atomic E-state index is 0.0496. The second-order valence-corrected chi connectivity index (χ2v) is 8.21. The van der Waals surface area contributed by atoms with Crippen molar-refractivity contribution in [1.82, 2.24) is 4.90 Å². The zero-order chi connectivity index (χ0) is 16.6. The second kappa shape index (κ2) is 5.92. The Hall–Kier alpha value is -1.95. The van der Waals surface area contributed by atoms with E-state index in [0.29, 0.717) is 24.4 Å². The molecule has 122 valence electrons. The van der Waals surface area contributed by atoms with Crippen LogP contribution < -0.4 is 0 Å². The van der Waals surface area contributed by atoms with Gasteiger partial charge in [0, 0.05) is 24.9 Å². The molecule has 0 spiro atoms. The van der Waals surface area contributed by atoms with E-state index in [4.69, 9.17) is 0 Å². The fourth-order valence-electron chi connectivity index (χ4n) is 3.25. The number of carbonyl (C=O) groups excluding carboxylic acids is 2. The van der Waals surface area contributed by atoms with Crippen molar-refractivity contribution >= 4 is 21.4 Å². The molecule has 0 aromatic heterocycles. The fraction of sp³-hybridized carbons (Fsp3) is 0.412. The molecule has 1 aromatic rings. The second-order valence-electron chi connectivity index (χ2n) is 6.08. The fourth-order valence-corrected chi connectivity index (χ4v) is 4.43. The van der Waals surface area contributed by atoms with Crippen molar-refractivity contribution < 1.29 is 18.0 Å². The predicted molar refractivity (Wildman–Crippen MR) is 86.9 cm³/mol. The van der Waals surface area contributed by atoms with Gasteiger partial charge in [-0.1, -0.05) is 30.3 Å². The number of piperidine rings is 1. The Bertz CT molecular complexity index is 774. The van der Waals surface area contributed by atoms with Crippen molar-refractivity contribution in [3.63, 3.8) is 0 Å². The summed E-state index contributed by atoms with van der Waals surface area (Å²) in [6.07, 6.45) is 4.04. The SMILES string of the molecule is CS(=O)(=O)C1C(=O)C(C(=O)c2ccccc2)=C1N1CCCCC1. The smallest absolute Gasteiger partial charge is 0.198 e. The molecule has 6 heteroatoms. The number of hydrogen-bond acceptors (Lipinski definition) is 5. The summed E-state index contributed by atoms with van der Waals surface area (Å²) < 4.78 is 24.0. The molecular formula is C17H19NO4S. The zero-order valence-corrected chi connectivity index (χ0v) is 13.8. The summed E-state index contributed by atoms with van der Waals surface area (Å²) >= 11 is 0. The number of likely N-dealkylation sites (tertiary alicyclic amines) is 1. The number of Topliss-reactive ketones (excluding diaryl/α,β-unsaturated/α-hetero) is 2. The first-order valence-electron chi connectivity index (χ1n) is 7.73. The summed E-state index contributed by atoms with van der Waals surface area (Å²) in [4.78, 5) is 27.0.